The predicted octanol–water partition coefficient (Wildman–Crippen LogP) is 8.66. The summed E-state index contributed by atoms with van der Waals surface area (Å²) in [6.07, 6.45) is -21.2. The zero-order valence-corrected chi connectivity index (χ0v) is 53.2. The van der Waals surface area contributed by atoms with Crippen molar-refractivity contribution in [1.29, 1.82) is 0 Å². The normalized spacial score (nSPS) is 21.4. The van der Waals surface area contributed by atoms with E-state index in [1.165, 1.54) is 13.8 Å². The first-order chi connectivity index (χ1) is 46.5. The van der Waals surface area contributed by atoms with Crippen LogP contribution in [-0.4, -0.2) is 155 Å². The SMILES string of the molecule is Cc1nc(C2OC(CO)C(O)C(n3cc(-c4cc(F)c(Cl)c(F)c4)nn3)C2OCC(=O)NCc2ccc(CNC(=O)COC3C(c4nc(C)nn4-c4cc(Cl)ccc4C(F)(F)F)OC(CO)C(O)C3n3cc(-c4cc(F)c(Cl)c(F)c4)nn3)cc2)n(-c2cc(Cl)ccc2C(F)(F)F)n1. The van der Waals surface area contributed by atoms with Crippen LogP contribution in [0.25, 0.3) is 33.9 Å². The van der Waals surface area contributed by atoms with Crippen molar-refractivity contribution in [2.45, 2.75) is 100 Å². The fourth-order valence-corrected chi connectivity index (χ4v) is 11.7. The van der Waals surface area contributed by atoms with E-state index in [0.717, 1.165) is 79.7 Å². The zero-order chi connectivity index (χ0) is 70.4. The van der Waals surface area contributed by atoms with Crippen LogP contribution in [0.5, 0.6) is 0 Å². The lowest BCUT2D eigenvalue weighted by Crippen LogP contribution is -2.54. The first-order valence-corrected chi connectivity index (χ1v) is 30.5. The van der Waals surface area contributed by atoms with Crippen LogP contribution in [0.4, 0.5) is 43.9 Å². The molecular formula is C60H50Cl4F10N14O10. The fourth-order valence-electron chi connectivity index (χ4n) is 11.1. The summed E-state index contributed by atoms with van der Waals surface area (Å²) in [6.45, 7) is -1.20. The number of halogens is 14. The van der Waals surface area contributed by atoms with Crippen molar-refractivity contribution in [1.82, 2.24) is 70.2 Å². The Bertz CT molecular complexity index is 4110. The second-order valence-electron chi connectivity index (χ2n) is 22.3. The van der Waals surface area contributed by atoms with E-state index in [1.807, 2.05) is 0 Å². The first kappa shape index (κ1) is 71.0. The Balaban J connectivity index is 0.807. The minimum absolute atomic E-state index is 0.0955. The third kappa shape index (κ3) is 15.0. The summed E-state index contributed by atoms with van der Waals surface area (Å²) in [5, 5.41) is 72.7. The molecule has 2 fully saturated rings. The summed E-state index contributed by atoms with van der Waals surface area (Å²) >= 11 is 23.9. The molecule has 0 spiro atoms. The maximum Gasteiger partial charge on any atom is 0.418 e. The number of benzene rings is 5. The molecule has 6 heterocycles. The third-order valence-corrected chi connectivity index (χ3v) is 16.9. The number of carbonyl (C=O) groups is 2. The van der Waals surface area contributed by atoms with Crippen LogP contribution in [0.3, 0.4) is 0 Å². The van der Waals surface area contributed by atoms with Crippen molar-refractivity contribution >= 4 is 58.2 Å². The summed E-state index contributed by atoms with van der Waals surface area (Å²) in [7, 11) is 0. The van der Waals surface area contributed by atoms with Crippen LogP contribution in [0.2, 0.25) is 20.1 Å². The van der Waals surface area contributed by atoms with Crippen LogP contribution in [0.15, 0.2) is 97.3 Å². The number of rotatable bonds is 20. The number of carbonyl (C=O) groups excluding carboxylic acids is 2. The van der Waals surface area contributed by atoms with E-state index >= 15 is 0 Å². The number of hydrogen-bond donors (Lipinski definition) is 6. The molecule has 38 heteroatoms. The number of amides is 2. The van der Waals surface area contributed by atoms with Gasteiger partial charge in [0, 0.05) is 34.3 Å². The van der Waals surface area contributed by atoms with Gasteiger partial charge in [0.25, 0.3) is 0 Å². The van der Waals surface area contributed by atoms with E-state index in [9.17, 15) is 73.9 Å². The second kappa shape index (κ2) is 28.9. The number of aryl methyl sites for hydroxylation is 2. The highest BCUT2D eigenvalue weighted by Crippen LogP contribution is 2.45. The Hall–Kier alpha value is -8.26. The summed E-state index contributed by atoms with van der Waals surface area (Å²) in [5.74, 6) is -7.20. The molecule has 98 heavy (non-hydrogen) atoms. The Morgan fingerprint density at radius 2 is 0.918 bits per heavy atom. The Morgan fingerprint density at radius 1 is 0.561 bits per heavy atom. The molecule has 0 aliphatic carbocycles. The number of ether oxygens (including phenoxy) is 4. The smallest absolute Gasteiger partial charge is 0.394 e. The van der Waals surface area contributed by atoms with Crippen LogP contribution in [0, 0.1) is 37.1 Å². The minimum Gasteiger partial charge on any atom is -0.394 e. The maximum absolute atomic E-state index is 14.7. The van der Waals surface area contributed by atoms with Crippen LogP contribution >= 0.6 is 46.4 Å². The molecule has 2 amide bonds. The molecule has 2 aliphatic rings. The molecule has 0 saturated carbocycles. The summed E-state index contributed by atoms with van der Waals surface area (Å²) in [6, 6.07) is 11.9. The number of hydrogen-bond acceptors (Lipinski definition) is 18. The highest BCUT2D eigenvalue weighted by Gasteiger charge is 2.53. The second-order valence-corrected chi connectivity index (χ2v) is 23.9. The summed E-state index contributed by atoms with van der Waals surface area (Å²) < 4.78 is 174. The average molecular weight is 1460 g/mol. The average Bonchev–Trinajstić information content (AvgIpc) is 1.49. The van der Waals surface area contributed by atoms with Gasteiger partial charge in [-0.15, -0.1) is 10.2 Å². The molecule has 2 aliphatic heterocycles. The number of nitrogens with one attached hydrogen (secondary N) is 2. The molecule has 24 nitrogen and oxygen atoms in total. The molecule has 4 aromatic heterocycles. The first-order valence-electron chi connectivity index (χ1n) is 29.0. The highest BCUT2D eigenvalue weighted by atomic mass is 35.5. The van der Waals surface area contributed by atoms with E-state index in [0.29, 0.717) is 23.3 Å². The van der Waals surface area contributed by atoms with Gasteiger partial charge in [-0.05, 0) is 85.6 Å². The van der Waals surface area contributed by atoms with Gasteiger partial charge >= 0.3 is 12.4 Å². The van der Waals surface area contributed by atoms with Gasteiger partial charge in [0.15, 0.2) is 11.6 Å². The number of aliphatic hydroxyl groups is 4. The molecule has 6 N–H and O–H groups in total. The lowest BCUT2D eigenvalue weighted by Gasteiger charge is -2.43. The number of aliphatic hydroxyl groups excluding tert-OH is 4. The van der Waals surface area contributed by atoms with Gasteiger partial charge in [0.2, 0.25) is 11.8 Å². The van der Waals surface area contributed by atoms with E-state index < -0.39 is 167 Å². The van der Waals surface area contributed by atoms with Crippen molar-refractivity contribution in [2.75, 3.05) is 26.4 Å². The molecule has 10 atom stereocenters. The number of aromatic nitrogens is 12. The standard InChI is InChI=1S/C60H50Cl4F10N14O10/c1-25-77-57(87(81-25)41-15-31(61)7-9-33(41)59(69,70)71)55-53(49(51(93)43(21-89)97-55)85-19-39(79-83-85)29-11-35(65)47(63)36(66)12-29)95-23-45(91)75-17-27-3-5-28(6-4-27)18-76-46(92)24-96-54-50(86-20-40(80-84-86)30-13-37(67)48(64)38(68)14-30)52(94)44(22-90)98-56(54)58-78-26(2)82-88(58)42-16-32(62)8-10-34(42)60(72,73)74/h3-16,19-20,43-44,49-56,89-90,93-94H,17-18,21-24H2,1-2H3,(H,75,91)(H,76,92). The van der Waals surface area contributed by atoms with Crippen molar-refractivity contribution in [3.63, 3.8) is 0 Å². The van der Waals surface area contributed by atoms with Gasteiger partial charge in [-0.1, -0.05) is 81.1 Å². The van der Waals surface area contributed by atoms with Crippen molar-refractivity contribution in [2.24, 2.45) is 0 Å². The monoisotopic (exact) mass is 1460 g/mol. The van der Waals surface area contributed by atoms with Crippen LogP contribution in [0.1, 0.15) is 69.8 Å². The summed E-state index contributed by atoms with van der Waals surface area (Å²) in [5.41, 5.74) is -3.36. The van der Waals surface area contributed by atoms with Gasteiger partial charge in [-0.2, -0.15) is 36.5 Å². The molecule has 9 aromatic rings. The van der Waals surface area contributed by atoms with Crippen LogP contribution < -0.4 is 10.6 Å². The fraction of sp³-hybridized carbons (Fsp3) is 0.333. The van der Waals surface area contributed by atoms with E-state index in [-0.39, 0.29) is 68.9 Å². The quantitative estimate of drug-likeness (QED) is 0.0307. The number of alkyl halides is 6. The molecule has 2 saturated heterocycles. The van der Waals surface area contributed by atoms with Crippen molar-refractivity contribution in [3.8, 4) is 33.9 Å². The predicted molar refractivity (Wildman–Crippen MR) is 322 cm³/mol. The molecule has 0 radical (unpaired) electrons. The lowest BCUT2D eigenvalue weighted by molar-refractivity contribution is -0.223. The van der Waals surface area contributed by atoms with Gasteiger partial charge in [-0.3, -0.25) is 9.59 Å². The molecular weight excluding hydrogens is 1410 g/mol. The Kier molecular flexibility index (Phi) is 21.0. The van der Waals surface area contributed by atoms with Crippen molar-refractivity contribution in [3.05, 3.63) is 186 Å². The lowest BCUT2D eigenvalue weighted by atomic mass is 9.91. The third-order valence-electron chi connectivity index (χ3n) is 15.7. The van der Waals surface area contributed by atoms with E-state index in [2.05, 4.69) is 51.4 Å². The van der Waals surface area contributed by atoms with Gasteiger partial charge < -0.3 is 50.0 Å². The molecule has 5 aromatic carbocycles. The largest absolute Gasteiger partial charge is 0.418 e. The Labute approximate surface area is 565 Å². The molecule has 11 rings (SSSR count). The topological polar surface area (TPSA) is 299 Å². The van der Waals surface area contributed by atoms with Gasteiger partial charge in [0.1, 0.15) is 130 Å². The molecule has 10 unspecified atom stereocenters. The Morgan fingerprint density at radius 3 is 1.26 bits per heavy atom. The highest BCUT2D eigenvalue weighted by molar-refractivity contribution is 6.31. The van der Waals surface area contributed by atoms with E-state index in [4.69, 9.17) is 65.4 Å². The van der Waals surface area contributed by atoms with Crippen LogP contribution in [-0.2, 0) is 54.0 Å². The number of nitrogens with zero attached hydrogens (tertiary/aromatic N) is 12. The molecule has 0 bridgehead atoms. The maximum atomic E-state index is 14.7. The van der Waals surface area contributed by atoms with Gasteiger partial charge in [-0.25, -0.2) is 46.3 Å². The summed E-state index contributed by atoms with van der Waals surface area (Å²) in [4.78, 5) is 36.3. The minimum atomic E-state index is -4.98. The van der Waals surface area contributed by atoms with Gasteiger partial charge in [0.05, 0.1) is 48.1 Å². The van der Waals surface area contributed by atoms with Crippen molar-refractivity contribution < 1.29 is 92.9 Å². The van der Waals surface area contributed by atoms with E-state index in [1.54, 1.807) is 24.3 Å². The molecule has 518 valence electrons. The zero-order valence-electron chi connectivity index (χ0n) is 50.2.